The van der Waals surface area contributed by atoms with Crippen molar-refractivity contribution in [3.63, 3.8) is 0 Å². The number of H-pyrrole nitrogens is 1. The summed E-state index contributed by atoms with van der Waals surface area (Å²) in [6, 6.07) is -0.277. The number of nitrogens with one attached hydrogen (secondary N) is 3. The summed E-state index contributed by atoms with van der Waals surface area (Å²) in [4.78, 5) is 13.6. The standard InChI is InChI=1S/C9H15N3O4S/c1-5(2)11-17(15,16)12-7-4-10-6(3)8(7)9(13)14/h4-5,10-12H,1-3H3,(H,13,14). The molecule has 17 heavy (non-hydrogen) atoms. The van der Waals surface area contributed by atoms with Gasteiger partial charge in [0, 0.05) is 17.9 Å². The van der Waals surface area contributed by atoms with E-state index in [1.807, 2.05) is 0 Å². The van der Waals surface area contributed by atoms with Crippen LogP contribution in [0, 0.1) is 6.92 Å². The molecule has 0 aliphatic heterocycles. The van der Waals surface area contributed by atoms with Crippen molar-refractivity contribution in [2.75, 3.05) is 4.72 Å². The lowest BCUT2D eigenvalue weighted by Crippen LogP contribution is -2.35. The van der Waals surface area contributed by atoms with E-state index < -0.39 is 16.2 Å². The van der Waals surface area contributed by atoms with Crippen molar-refractivity contribution in [2.24, 2.45) is 0 Å². The van der Waals surface area contributed by atoms with Gasteiger partial charge in [-0.3, -0.25) is 4.72 Å². The highest BCUT2D eigenvalue weighted by Gasteiger charge is 2.20. The van der Waals surface area contributed by atoms with E-state index in [0.29, 0.717) is 5.69 Å². The van der Waals surface area contributed by atoms with Gasteiger partial charge in [0.15, 0.2) is 0 Å². The molecule has 1 rings (SSSR count). The molecule has 1 aromatic heterocycles. The van der Waals surface area contributed by atoms with E-state index in [0.717, 1.165) is 0 Å². The number of carboxylic acid groups (broad SMARTS) is 1. The van der Waals surface area contributed by atoms with Gasteiger partial charge >= 0.3 is 5.97 Å². The average Bonchev–Trinajstić information content (AvgIpc) is 2.43. The highest BCUT2D eigenvalue weighted by Crippen LogP contribution is 2.19. The molecule has 0 fully saturated rings. The molecule has 1 heterocycles. The summed E-state index contributed by atoms with van der Waals surface area (Å²) in [7, 11) is -3.76. The minimum absolute atomic E-state index is 0.0168. The van der Waals surface area contributed by atoms with E-state index in [1.165, 1.54) is 6.20 Å². The Hall–Kier alpha value is -1.54. The van der Waals surface area contributed by atoms with Crippen molar-refractivity contribution >= 4 is 21.9 Å². The third kappa shape index (κ3) is 3.46. The number of rotatable bonds is 5. The summed E-state index contributed by atoms with van der Waals surface area (Å²) in [6.07, 6.45) is 1.30. The minimum atomic E-state index is -3.76. The molecule has 0 aliphatic carbocycles. The smallest absolute Gasteiger partial charge is 0.339 e. The third-order valence-corrected chi connectivity index (χ3v) is 3.20. The van der Waals surface area contributed by atoms with E-state index in [9.17, 15) is 13.2 Å². The lowest BCUT2D eigenvalue weighted by Gasteiger charge is -2.11. The number of anilines is 1. The second-order valence-electron chi connectivity index (χ2n) is 3.89. The van der Waals surface area contributed by atoms with Gasteiger partial charge in [0.05, 0.1) is 5.69 Å². The van der Waals surface area contributed by atoms with Crippen LogP contribution in [-0.4, -0.2) is 30.5 Å². The van der Waals surface area contributed by atoms with Crippen LogP contribution in [0.4, 0.5) is 5.69 Å². The van der Waals surface area contributed by atoms with Gasteiger partial charge < -0.3 is 10.1 Å². The molecular weight excluding hydrogens is 246 g/mol. The van der Waals surface area contributed by atoms with Gasteiger partial charge in [-0.05, 0) is 20.8 Å². The molecule has 0 unspecified atom stereocenters. The monoisotopic (exact) mass is 261 g/mol. The van der Waals surface area contributed by atoms with Crippen LogP contribution in [0.2, 0.25) is 0 Å². The van der Waals surface area contributed by atoms with Crippen LogP contribution in [0.5, 0.6) is 0 Å². The van der Waals surface area contributed by atoms with Gasteiger partial charge in [0.1, 0.15) is 5.56 Å². The van der Waals surface area contributed by atoms with Gasteiger partial charge in [0.2, 0.25) is 0 Å². The lowest BCUT2D eigenvalue weighted by atomic mass is 10.2. The number of hydrogen-bond acceptors (Lipinski definition) is 3. The highest BCUT2D eigenvalue weighted by molar-refractivity contribution is 7.90. The zero-order valence-electron chi connectivity index (χ0n) is 9.73. The fraction of sp³-hybridized carbons (Fsp3) is 0.444. The first kappa shape index (κ1) is 13.5. The van der Waals surface area contributed by atoms with E-state index in [1.54, 1.807) is 20.8 Å². The summed E-state index contributed by atoms with van der Waals surface area (Å²) in [5.74, 6) is -1.19. The van der Waals surface area contributed by atoms with Crippen molar-refractivity contribution < 1.29 is 18.3 Å². The molecule has 0 aliphatic rings. The van der Waals surface area contributed by atoms with Crippen molar-refractivity contribution in [1.82, 2.24) is 9.71 Å². The summed E-state index contributed by atoms with van der Waals surface area (Å²) < 4.78 is 27.6. The zero-order valence-corrected chi connectivity index (χ0v) is 10.6. The second kappa shape index (κ2) is 4.76. The molecule has 0 saturated carbocycles. The summed E-state index contributed by atoms with van der Waals surface area (Å²) in [6.45, 7) is 4.89. The first-order valence-electron chi connectivity index (χ1n) is 4.94. The van der Waals surface area contributed by atoms with Gasteiger partial charge in [-0.25, -0.2) is 4.79 Å². The van der Waals surface area contributed by atoms with Crippen LogP contribution in [0.25, 0.3) is 0 Å². The first-order valence-corrected chi connectivity index (χ1v) is 6.42. The van der Waals surface area contributed by atoms with E-state index in [2.05, 4.69) is 14.4 Å². The van der Waals surface area contributed by atoms with Crippen LogP contribution in [0.3, 0.4) is 0 Å². The molecule has 1 aromatic rings. The Balaban J connectivity index is 3.00. The fourth-order valence-corrected chi connectivity index (χ4v) is 2.50. The quantitative estimate of drug-likeness (QED) is 0.624. The van der Waals surface area contributed by atoms with Gasteiger partial charge in [-0.2, -0.15) is 13.1 Å². The Bertz CT molecular complexity index is 518. The summed E-state index contributed by atoms with van der Waals surface area (Å²) in [5.41, 5.74) is 0.321. The molecule has 0 bridgehead atoms. The third-order valence-electron chi connectivity index (χ3n) is 1.93. The number of aromatic nitrogens is 1. The molecule has 0 amide bonds. The number of aromatic carboxylic acids is 1. The number of carbonyl (C=O) groups is 1. The molecular formula is C9H15N3O4S. The fourth-order valence-electron chi connectivity index (χ4n) is 1.37. The number of hydrogen-bond donors (Lipinski definition) is 4. The molecule has 0 saturated heterocycles. The van der Waals surface area contributed by atoms with Crippen molar-refractivity contribution in [2.45, 2.75) is 26.8 Å². The maximum absolute atomic E-state index is 11.6. The highest BCUT2D eigenvalue weighted by atomic mass is 32.2. The van der Waals surface area contributed by atoms with Crippen LogP contribution >= 0.6 is 0 Å². The molecule has 8 heteroatoms. The van der Waals surface area contributed by atoms with Crippen LogP contribution in [0.15, 0.2) is 6.20 Å². The Morgan fingerprint density at radius 3 is 2.53 bits per heavy atom. The Kier molecular flexibility index (Phi) is 3.79. The van der Waals surface area contributed by atoms with Crippen molar-refractivity contribution in [1.29, 1.82) is 0 Å². The van der Waals surface area contributed by atoms with E-state index in [4.69, 9.17) is 5.11 Å². The molecule has 0 aromatic carbocycles. The van der Waals surface area contributed by atoms with Crippen LogP contribution in [0.1, 0.15) is 29.9 Å². The van der Waals surface area contributed by atoms with Crippen LogP contribution < -0.4 is 9.44 Å². The predicted octanol–water partition coefficient (Wildman–Crippen LogP) is 0.676. The SMILES string of the molecule is Cc1[nH]cc(NS(=O)(=O)NC(C)C)c1C(=O)O. The molecule has 96 valence electrons. The Morgan fingerprint density at radius 1 is 1.47 bits per heavy atom. The maximum atomic E-state index is 11.6. The maximum Gasteiger partial charge on any atom is 0.339 e. The first-order chi connectivity index (χ1) is 7.73. The lowest BCUT2D eigenvalue weighted by molar-refractivity contribution is 0.0697. The molecule has 0 radical (unpaired) electrons. The summed E-state index contributed by atoms with van der Waals surface area (Å²) in [5, 5.41) is 8.94. The van der Waals surface area contributed by atoms with E-state index in [-0.39, 0.29) is 17.3 Å². The molecule has 0 atom stereocenters. The minimum Gasteiger partial charge on any atom is -0.478 e. The van der Waals surface area contributed by atoms with Gasteiger partial charge in [0.25, 0.3) is 10.2 Å². The van der Waals surface area contributed by atoms with Crippen LogP contribution in [-0.2, 0) is 10.2 Å². The van der Waals surface area contributed by atoms with E-state index >= 15 is 0 Å². The van der Waals surface area contributed by atoms with Gasteiger partial charge in [-0.15, -0.1) is 0 Å². The normalized spacial score (nSPS) is 11.8. The number of carboxylic acids is 1. The molecule has 7 nitrogen and oxygen atoms in total. The number of aryl methyl sites for hydroxylation is 1. The molecule has 0 spiro atoms. The molecule has 4 N–H and O–H groups in total. The summed E-state index contributed by atoms with van der Waals surface area (Å²) >= 11 is 0. The van der Waals surface area contributed by atoms with Gasteiger partial charge in [-0.1, -0.05) is 0 Å². The Labute approximate surface area is 99.4 Å². The topological polar surface area (TPSA) is 111 Å². The largest absolute Gasteiger partial charge is 0.478 e. The Morgan fingerprint density at radius 2 is 2.06 bits per heavy atom. The zero-order chi connectivity index (χ0) is 13.2. The van der Waals surface area contributed by atoms with Crippen molar-refractivity contribution in [3.05, 3.63) is 17.5 Å². The van der Waals surface area contributed by atoms with Crippen molar-refractivity contribution in [3.8, 4) is 0 Å². The number of aromatic amines is 1. The second-order valence-corrected chi connectivity index (χ2v) is 5.33. The predicted molar refractivity (Wildman–Crippen MR) is 63.3 cm³/mol. The average molecular weight is 261 g/mol.